The Hall–Kier alpha value is -0.610. The van der Waals surface area contributed by atoms with Crippen LogP contribution in [0.25, 0.3) is 0 Å². The molecule has 4 atom stereocenters. The molecule has 0 bridgehead atoms. The molecule has 0 aromatic carbocycles. The van der Waals surface area contributed by atoms with Crippen molar-refractivity contribution in [2.45, 2.75) is 51.6 Å². The highest BCUT2D eigenvalue weighted by Crippen LogP contribution is 2.30. The minimum atomic E-state index is 0.142. The Morgan fingerprint density at radius 2 is 2.22 bits per heavy atom. The molecule has 4 heteroatoms. The van der Waals surface area contributed by atoms with E-state index in [-0.39, 0.29) is 18.0 Å². The Balaban J connectivity index is 1.97. The number of amides is 1. The van der Waals surface area contributed by atoms with Gasteiger partial charge in [-0.25, -0.2) is 0 Å². The van der Waals surface area contributed by atoms with Crippen LogP contribution in [0.2, 0.25) is 0 Å². The van der Waals surface area contributed by atoms with Crippen molar-refractivity contribution in [3.8, 4) is 0 Å². The van der Waals surface area contributed by atoms with Crippen LogP contribution in [-0.2, 0) is 9.53 Å². The summed E-state index contributed by atoms with van der Waals surface area (Å²) in [6.45, 7) is 6.43. The Bertz CT molecular complexity index is 296. The predicted octanol–water partition coefficient (Wildman–Crippen LogP) is 1.39. The lowest BCUT2D eigenvalue weighted by molar-refractivity contribution is -0.146. The number of nitrogens with two attached hydrogens (primary N) is 1. The highest BCUT2D eigenvalue weighted by Gasteiger charge is 2.35. The van der Waals surface area contributed by atoms with E-state index in [1.807, 2.05) is 4.90 Å². The van der Waals surface area contributed by atoms with E-state index in [2.05, 4.69) is 13.8 Å². The van der Waals surface area contributed by atoms with Gasteiger partial charge in [0.1, 0.15) is 0 Å². The number of carbonyl (C=O) groups is 1. The molecule has 1 aliphatic carbocycles. The van der Waals surface area contributed by atoms with Crippen LogP contribution in [-0.4, -0.2) is 42.6 Å². The zero-order chi connectivity index (χ0) is 13.1. The monoisotopic (exact) mass is 254 g/mol. The molecular weight excluding hydrogens is 228 g/mol. The average Bonchev–Trinajstić information content (AvgIpc) is 2.41. The molecule has 0 aromatic rings. The SMILES string of the molecule is CCC1COCCN1C(=O)C1CCC(C)C(N)C1. The summed E-state index contributed by atoms with van der Waals surface area (Å²) < 4.78 is 5.46. The summed E-state index contributed by atoms with van der Waals surface area (Å²) in [6, 6.07) is 0.454. The van der Waals surface area contributed by atoms with Crippen LogP contribution in [0.3, 0.4) is 0 Å². The lowest BCUT2D eigenvalue weighted by Gasteiger charge is -2.39. The fraction of sp³-hybridized carbons (Fsp3) is 0.929. The third-order valence-electron chi connectivity index (χ3n) is 4.59. The quantitative estimate of drug-likeness (QED) is 0.810. The topological polar surface area (TPSA) is 55.6 Å². The van der Waals surface area contributed by atoms with Gasteiger partial charge in [-0.15, -0.1) is 0 Å². The minimum absolute atomic E-state index is 0.142. The van der Waals surface area contributed by atoms with Crippen molar-refractivity contribution in [1.29, 1.82) is 0 Å². The zero-order valence-corrected chi connectivity index (χ0v) is 11.6. The van der Waals surface area contributed by atoms with Gasteiger partial charge in [0.2, 0.25) is 5.91 Å². The molecule has 4 nitrogen and oxygen atoms in total. The van der Waals surface area contributed by atoms with Crippen LogP contribution in [0.1, 0.15) is 39.5 Å². The van der Waals surface area contributed by atoms with Gasteiger partial charge in [0, 0.05) is 18.5 Å². The number of hydrogen-bond donors (Lipinski definition) is 1. The van der Waals surface area contributed by atoms with E-state index in [0.29, 0.717) is 25.0 Å². The maximum absolute atomic E-state index is 12.6. The average molecular weight is 254 g/mol. The Morgan fingerprint density at radius 3 is 2.89 bits per heavy atom. The lowest BCUT2D eigenvalue weighted by atomic mass is 9.79. The second kappa shape index (κ2) is 6.02. The van der Waals surface area contributed by atoms with Crippen LogP contribution >= 0.6 is 0 Å². The molecule has 2 aliphatic rings. The molecule has 0 radical (unpaired) electrons. The number of hydrogen-bond acceptors (Lipinski definition) is 3. The second-order valence-electron chi connectivity index (χ2n) is 5.82. The van der Waals surface area contributed by atoms with Crippen LogP contribution in [0.15, 0.2) is 0 Å². The highest BCUT2D eigenvalue weighted by molar-refractivity contribution is 5.79. The summed E-state index contributed by atoms with van der Waals surface area (Å²) >= 11 is 0. The van der Waals surface area contributed by atoms with Gasteiger partial charge in [0.25, 0.3) is 0 Å². The fourth-order valence-corrected chi connectivity index (χ4v) is 3.10. The maximum Gasteiger partial charge on any atom is 0.226 e. The molecule has 2 rings (SSSR count). The molecule has 18 heavy (non-hydrogen) atoms. The van der Waals surface area contributed by atoms with E-state index in [1.165, 1.54) is 0 Å². The van der Waals surface area contributed by atoms with Crippen molar-refractivity contribution in [2.75, 3.05) is 19.8 Å². The summed E-state index contributed by atoms with van der Waals surface area (Å²) in [5.74, 6) is 1.01. The Morgan fingerprint density at radius 1 is 1.44 bits per heavy atom. The van der Waals surface area contributed by atoms with Gasteiger partial charge in [0.15, 0.2) is 0 Å². The molecule has 0 aromatic heterocycles. The maximum atomic E-state index is 12.6. The number of carbonyl (C=O) groups excluding carboxylic acids is 1. The van der Waals surface area contributed by atoms with Crippen molar-refractivity contribution < 1.29 is 9.53 Å². The normalized spacial score (nSPS) is 37.6. The van der Waals surface area contributed by atoms with Crippen LogP contribution in [0.5, 0.6) is 0 Å². The molecule has 1 heterocycles. The predicted molar refractivity (Wildman–Crippen MR) is 71.1 cm³/mol. The minimum Gasteiger partial charge on any atom is -0.377 e. The summed E-state index contributed by atoms with van der Waals surface area (Å²) in [6.07, 6.45) is 3.91. The van der Waals surface area contributed by atoms with E-state index < -0.39 is 0 Å². The van der Waals surface area contributed by atoms with Crippen LogP contribution in [0, 0.1) is 11.8 Å². The van der Waals surface area contributed by atoms with Crippen LogP contribution < -0.4 is 5.73 Å². The first-order chi connectivity index (χ1) is 8.63. The second-order valence-corrected chi connectivity index (χ2v) is 5.82. The first kappa shape index (κ1) is 13.8. The smallest absolute Gasteiger partial charge is 0.226 e. The fourth-order valence-electron chi connectivity index (χ4n) is 3.10. The summed E-state index contributed by atoms with van der Waals surface area (Å²) in [4.78, 5) is 14.6. The van der Waals surface area contributed by atoms with Gasteiger partial charge in [0.05, 0.1) is 19.3 Å². The summed E-state index contributed by atoms with van der Waals surface area (Å²) in [7, 11) is 0. The van der Waals surface area contributed by atoms with Gasteiger partial charge in [-0.2, -0.15) is 0 Å². The molecule has 1 saturated heterocycles. The Labute approximate surface area is 110 Å². The standard InChI is InChI=1S/C14H26N2O2/c1-3-12-9-18-7-6-16(12)14(17)11-5-4-10(2)13(15)8-11/h10-13H,3-9,15H2,1-2H3. The first-order valence-corrected chi connectivity index (χ1v) is 7.27. The van der Waals surface area contributed by atoms with Crippen molar-refractivity contribution >= 4 is 5.91 Å². The third-order valence-corrected chi connectivity index (χ3v) is 4.59. The number of rotatable bonds is 2. The van der Waals surface area contributed by atoms with Crippen LogP contribution in [0.4, 0.5) is 0 Å². The third kappa shape index (κ3) is 2.86. The Kier molecular flexibility index (Phi) is 4.62. The van der Waals surface area contributed by atoms with Gasteiger partial charge < -0.3 is 15.4 Å². The van der Waals surface area contributed by atoms with E-state index in [4.69, 9.17) is 10.5 Å². The van der Waals surface area contributed by atoms with Gasteiger partial charge >= 0.3 is 0 Å². The van der Waals surface area contributed by atoms with E-state index in [1.54, 1.807) is 0 Å². The molecule has 2 N–H and O–H groups in total. The molecule has 0 spiro atoms. The number of ether oxygens (including phenoxy) is 1. The molecule has 1 amide bonds. The van der Waals surface area contributed by atoms with Crippen molar-refractivity contribution in [1.82, 2.24) is 4.90 Å². The first-order valence-electron chi connectivity index (χ1n) is 7.27. The van der Waals surface area contributed by atoms with Crippen molar-refractivity contribution in [2.24, 2.45) is 17.6 Å². The van der Waals surface area contributed by atoms with E-state index in [0.717, 1.165) is 32.2 Å². The number of morpholine rings is 1. The molecule has 104 valence electrons. The van der Waals surface area contributed by atoms with Gasteiger partial charge in [-0.3, -0.25) is 4.79 Å². The van der Waals surface area contributed by atoms with E-state index >= 15 is 0 Å². The summed E-state index contributed by atoms with van der Waals surface area (Å²) in [5.41, 5.74) is 6.11. The lowest BCUT2D eigenvalue weighted by Crippen LogP contribution is -2.52. The van der Waals surface area contributed by atoms with Crippen molar-refractivity contribution in [3.63, 3.8) is 0 Å². The molecule has 1 saturated carbocycles. The largest absolute Gasteiger partial charge is 0.377 e. The number of nitrogens with zero attached hydrogens (tertiary/aromatic N) is 1. The van der Waals surface area contributed by atoms with Gasteiger partial charge in [-0.05, 0) is 31.6 Å². The molecular formula is C14H26N2O2. The molecule has 4 unspecified atom stereocenters. The molecule has 1 aliphatic heterocycles. The summed E-state index contributed by atoms with van der Waals surface area (Å²) in [5, 5.41) is 0. The highest BCUT2D eigenvalue weighted by atomic mass is 16.5. The zero-order valence-electron chi connectivity index (χ0n) is 11.6. The van der Waals surface area contributed by atoms with Crippen molar-refractivity contribution in [3.05, 3.63) is 0 Å². The van der Waals surface area contributed by atoms with Gasteiger partial charge in [-0.1, -0.05) is 13.8 Å². The molecule has 2 fully saturated rings. The van der Waals surface area contributed by atoms with E-state index in [9.17, 15) is 4.79 Å².